The van der Waals surface area contributed by atoms with Gasteiger partial charge in [-0.05, 0) is 57.0 Å². The number of oxazole rings is 1. The number of hydrogen-bond acceptors (Lipinski definition) is 7. The lowest BCUT2D eigenvalue weighted by Crippen LogP contribution is -2.70. The molecule has 0 spiro atoms. The number of fused-ring (bicyclic) bond motifs is 3. The van der Waals surface area contributed by atoms with Crippen LogP contribution < -0.4 is 9.64 Å². The molecule has 3 aliphatic heterocycles. The zero-order valence-corrected chi connectivity index (χ0v) is 21.3. The van der Waals surface area contributed by atoms with Crippen molar-refractivity contribution in [3.63, 3.8) is 0 Å². The molecule has 4 aromatic rings. The van der Waals surface area contributed by atoms with E-state index in [-0.39, 0.29) is 18.2 Å². The van der Waals surface area contributed by atoms with Crippen molar-refractivity contribution >= 4 is 23.2 Å². The Balaban J connectivity index is 1.29. The van der Waals surface area contributed by atoms with Crippen LogP contribution in [0.4, 0.5) is 10.8 Å². The number of piperazine rings is 1. The molecule has 190 valence electrons. The molecule has 2 aromatic carbocycles. The molecule has 7 rings (SSSR count). The lowest BCUT2D eigenvalue weighted by atomic mass is 9.88. The summed E-state index contributed by atoms with van der Waals surface area (Å²) in [5.74, 6) is 0.658. The van der Waals surface area contributed by atoms with Crippen LogP contribution in [0.1, 0.15) is 32.8 Å². The van der Waals surface area contributed by atoms with Gasteiger partial charge in [0, 0.05) is 24.8 Å². The van der Waals surface area contributed by atoms with E-state index in [0.717, 1.165) is 23.2 Å². The highest BCUT2D eigenvalue weighted by Crippen LogP contribution is 2.40. The maximum absolute atomic E-state index is 12.7. The molecular weight excluding hydrogens is 468 g/mol. The standard InChI is InChI=1S/C29H30N4O4/c1-29(2,3)37-28(34)33-20-15-21(33)17-32(16-20)27-31-25-24(35-18-19-9-5-4-6-10-19)13-12-22(26(25)36-27)23-11-7-8-14-30-23/h4-14,20-21H,15-18H2,1-3H3. The zero-order chi connectivity index (χ0) is 25.6. The van der Waals surface area contributed by atoms with E-state index in [0.29, 0.717) is 42.6 Å². The van der Waals surface area contributed by atoms with Crippen molar-refractivity contribution in [3.05, 3.63) is 72.4 Å². The fourth-order valence-electron chi connectivity index (χ4n) is 5.06. The van der Waals surface area contributed by atoms with E-state index in [2.05, 4.69) is 9.88 Å². The van der Waals surface area contributed by atoms with E-state index in [4.69, 9.17) is 18.9 Å². The maximum Gasteiger partial charge on any atom is 0.410 e. The second kappa shape index (κ2) is 9.10. The summed E-state index contributed by atoms with van der Waals surface area (Å²) in [6.45, 7) is 7.38. The monoisotopic (exact) mass is 498 g/mol. The van der Waals surface area contributed by atoms with Gasteiger partial charge < -0.3 is 18.8 Å². The zero-order valence-electron chi connectivity index (χ0n) is 21.3. The molecule has 2 unspecified atom stereocenters. The van der Waals surface area contributed by atoms with E-state index in [1.165, 1.54) is 0 Å². The number of amides is 1. The van der Waals surface area contributed by atoms with Crippen LogP contribution in [0.2, 0.25) is 0 Å². The van der Waals surface area contributed by atoms with Crippen molar-refractivity contribution in [2.24, 2.45) is 0 Å². The Hall–Kier alpha value is -4.07. The van der Waals surface area contributed by atoms with E-state index in [1.807, 2.05) is 86.3 Å². The molecule has 37 heavy (non-hydrogen) atoms. The summed E-state index contributed by atoms with van der Waals surface area (Å²) < 4.78 is 18.2. The van der Waals surface area contributed by atoms with Gasteiger partial charge in [0.25, 0.3) is 6.01 Å². The lowest BCUT2D eigenvalue weighted by Gasteiger charge is -2.55. The summed E-state index contributed by atoms with van der Waals surface area (Å²) in [7, 11) is 0. The Morgan fingerprint density at radius 3 is 2.49 bits per heavy atom. The van der Waals surface area contributed by atoms with Gasteiger partial charge in [-0.3, -0.25) is 9.88 Å². The van der Waals surface area contributed by atoms with Gasteiger partial charge in [0.1, 0.15) is 18.0 Å². The van der Waals surface area contributed by atoms with Gasteiger partial charge in [-0.2, -0.15) is 4.98 Å². The molecule has 0 saturated carbocycles. The van der Waals surface area contributed by atoms with Crippen LogP contribution in [0.25, 0.3) is 22.4 Å². The highest BCUT2D eigenvalue weighted by Gasteiger charge is 2.49. The molecule has 5 heterocycles. The fraction of sp³-hybridized carbons (Fsp3) is 0.345. The van der Waals surface area contributed by atoms with Gasteiger partial charge in [0.05, 0.1) is 17.8 Å². The van der Waals surface area contributed by atoms with Gasteiger partial charge in [-0.15, -0.1) is 0 Å². The summed E-state index contributed by atoms with van der Waals surface area (Å²) in [5, 5.41) is 0. The molecule has 8 nitrogen and oxygen atoms in total. The molecule has 0 aliphatic carbocycles. The summed E-state index contributed by atoms with van der Waals surface area (Å²) >= 11 is 0. The second-order valence-corrected chi connectivity index (χ2v) is 10.6. The van der Waals surface area contributed by atoms with Crippen molar-refractivity contribution in [1.29, 1.82) is 0 Å². The Morgan fingerprint density at radius 2 is 1.78 bits per heavy atom. The van der Waals surface area contributed by atoms with E-state index >= 15 is 0 Å². The molecule has 0 radical (unpaired) electrons. The minimum Gasteiger partial charge on any atom is -0.486 e. The van der Waals surface area contributed by atoms with Gasteiger partial charge in [-0.1, -0.05) is 36.4 Å². The average Bonchev–Trinajstić information content (AvgIpc) is 3.33. The highest BCUT2D eigenvalue weighted by molar-refractivity contribution is 5.94. The highest BCUT2D eigenvalue weighted by atomic mass is 16.6. The molecule has 3 aliphatic rings. The van der Waals surface area contributed by atoms with Gasteiger partial charge in [0.15, 0.2) is 11.1 Å². The van der Waals surface area contributed by atoms with Crippen molar-refractivity contribution in [2.45, 2.75) is 51.5 Å². The van der Waals surface area contributed by atoms with Crippen LogP contribution in [0.15, 0.2) is 71.3 Å². The Kier molecular flexibility index (Phi) is 5.74. The van der Waals surface area contributed by atoms with Gasteiger partial charge in [-0.25, -0.2) is 4.79 Å². The molecule has 2 aromatic heterocycles. The number of ether oxygens (including phenoxy) is 2. The van der Waals surface area contributed by atoms with E-state index in [9.17, 15) is 4.79 Å². The first-order valence-electron chi connectivity index (χ1n) is 12.6. The third kappa shape index (κ3) is 4.59. The van der Waals surface area contributed by atoms with Crippen molar-refractivity contribution in [2.75, 3.05) is 18.0 Å². The fourth-order valence-corrected chi connectivity index (χ4v) is 5.06. The summed E-state index contributed by atoms with van der Waals surface area (Å²) in [4.78, 5) is 26.1. The largest absolute Gasteiger partial charge is 0.486 e. The predicted octanol–water partition coefficient (Wildman–Crippen LogP) is 5.67. The van der Waals surface area contributed by atoms with Crippen LogP contribution in [-0.4, -0.2) is 51.7 Å². The van der Waals surface area contributed by atoms with Crippen molar-refractivity contribution < 1.29 is 18.7 Å². The first-order chi connectivity index (χ1) is 17.9. The summed E-state index contributed by atoms with van der Waals surface area (Å²) in [5.41, 5.74) is 3.53. The number of carbonyl (C=O) groups is 1. The molecule has 3 saturated heterocycles. The van der Waals surface area contributed by atoms with E-state index < -0.39 is 5.60 Å². The normalized spacial score (nSPS) is 19.0. The van der Waals surface area contributed by atoms with E-state index in [1.54, 1.807) is 6.20 Å². The van der Waals surface area contributed by atoms with Crippen LogP contribution >= 0.6 is 0 Å². The topological polar surface area (TPSA) is 80.9 Å². The van der Waals surface area contributed by atoms with Gasteiger partial charge in [0.2, 0.25) is 0 Å². The average molecular weight is 499 g/mol. The molecular formula is C29H30N4O4. The van der Waals surface area contributed by atoms with Gasteiger partial charge >= 0.3 is 6.09 Å². The van der Waals surface area contributed by atoms with Crippen LogP contribution in [0.3, 0.4) is 0 Å². The number of hydrogen-bond donors (Lipinski definition) is 0. The third-order valence-electron chi connectivity index (χ3n) is 6.74. The molecule has 2 atom stereocenters. The third-order valence-corrected chi connectivity index (χ3v) is 6.74. The Bertz CT molecular complexity index is 1400. The second-order valence-electron chi connectivity index (χ2n) is 10.6. The number of carbonyl (C=O) groups excluding carboxylic acids is 1. The smallest absolute Gasteiger partial charge is 0.410 e. The molecule has 8 heteroatoms. The maximum atomic E-state index is 12.7. The summed E-state index contributed by atoms with van der Waals surface area (Å²) in [6.07, 6.45) is 2.47. The van der Waals surface area contributed by atoms with Crippen LogP contribution in [0.5, 0.6) is 5.75 Å². The number of nitrogens with zero attached hydrogens (tertiary/aromatic N) is 4. The minimum absolute atomic E-state index is 0.0765. The van der Waals surface area contributed by atoms with Crippen LogP contribution in [0, 0.1) is 0 Å². The Morgan fingerprint density at radius 1 is 1.03 bits per heavy atom. The van der Waals surface area contributed by atoms with Crippen LogP contribution in [-0.2, 0) is 11.3 Å². The lowest BCUT2D eigenvalue weighted by molar-refractivity contribution is -0.0386. The number of aromatic nitrogens is 2. The quantitative estimate of drug-likeness (QED) is 0.351. The minimum atomic E-state index is -0.515. The number of pyridine rings is 1. The first kappa shape index (κ1) is 23.3. The number of piperidine rings is 1. The van der Waals surface area contributed by atoms with Crippen molar-refractivity contribution in [1.82, 2.24) is 14.9 Å². The number of rotatable bonds is 5. The summed E-state index contributed by atoms with van der Waals surface area (Å²) in [6, 6.07) is 20.4. The molecule has 0 N–H and O–H groups in total. The number of benzene rings is 2. The number of anilines is 1. The Labute approximate surface area is 215 Å². The SMILES string of the molecule is CC(C)(C)OC(=O)N1C2CC1CN(c1nc3c(OCc4ccccc4)ccc(-c4ccccn4)c3o1)C2. The van der Waals surface area contributed by atoms with Crippen molar-refractivity contribution in [3.8, 4) is 17.0 Å². The first-order valence-corrected chi connectivity index (χ1v) is 12.6. The molecule has 3 fully saturated rings. The molecule has 1 amide bonds. The molecule has 2 bridgehead atoms. The predicted molar refractivity (Wildman–Crippen MR) is 140 cm³/mol.